The Kier molecular flexibility index (Phi) is 4.47. The third-order valence-corrected chi connectivity index (χ3v) is 7.56. The Bertz CT molecular complexity index is 1360. The summed E-state index contributed by atoms with van der Waals surface area (Å²) in [5, 5.41) is 0.692. The molecule has 1 aliphatic carbocycles. The van der Waals surface area contributed by atoms with Gasteiger partial charge in [-0.1, -0.05) is 37.5 Å². The van der Waals surface area contributed by atoms with Crippen LogP contribution in [0.3, 0.4) is 0 Å². The summed E-state index contributed by atoms with van der Waals surface area (Å²) in [6.45, 7) is 1.52. The molecule has 30 heavy (non-hydrogen) atoms. The molecule has 0 saturated heterocycles. The van der Waals surface area contributed by atoms with E-state index in [9.17, 15) is 13.2 Å². The topological polar surface area (TPSA) is 86.8 Å². The van der Waals surface area contributed by atoms with Gasteiger partial charge in [0.2, 0.25) is 0 Å². The zero-order valence-corrected chi connectivity index (χ0v) is 17.5. The maximum atomic E-state index is 13.2. The SMILES string of the molecule is CC(=O)c1nc2cnc3c(ccn3S(=O)(=O)c3ccccc3)c2n1C1CCCCC1. The Morgan fingerprint density at radius 3 is 2.50 bits per heavy atom. The Balaban J connectivity index is 1.78. The van der Waals surface area contributed by atoms with E-state index >= 15 is 0 Å². The summed E-state index contributed by atoms with van der Waals surface area (Å²) in [6.07, 6.45) is 8.49. The summed E-state index contributed by atoms with van der Waals surface area (Å²) in [7, 11) is -3.78. The normalized spacial score (nSPS) is 15.8. The third kappa shape index (κ3) is 2.86. The van der Waals surface area contributed by atoms with E-state index in [1.807, 2.05) is 4.57 Å². The van der Waals surface area contributed by atoms with Gasteiger partial charge in [0.05, 0.1) is 16.6 Å². The molecule has 0 atom stereocenters. The van der Waals surface area contributed by atoms with E-state index in [1.165, 1.54) is 23.5 Å². The van der Waals surface area contributed by atoms with E-state index in [2.05, 4.69) is 9.97 Å². The second-order valence-corrected chi connectivity index (χ2v) is 9.63. The monoisotopic (exact) mass is 422 g/mol. The molecule has 1 saturated carbocycles. The number of Topliss-reactive ketones (excluding diaryl/α,β-unsaturated/α-hetero) is 1. The van der Waals surface area contributed by atoms with Crippen LogP contribution in [0.2, 0.25) is 0 Å². The lowest BCUT2D eigenvalue weighted by Crippen LogP contribution is -2.17. The van der Waals surface area contributed by atoms with Crippen molar-refractivity contribution in [3.63, 3.8) is 0 Å². The summed E-state index contributed by atoms with van der Waals surface area (Å²) in [6, 6.07) is 10.3. The summed E-state index contributed by atoms with van der Waals surface area (Å²) < 4.78 is 29.6. The van der Waals surface area contributed by atoms with Crippen LogP contribution in [0.25, 0.3) is 22.1 Å². The summed E-state index contributed by atoms with van der Waals surface area (Å²) in [5.74, 6) is 0.325. The van der Waals surface area contributed by atoms with Crippen LogP contribution >= 0.6 is 0 Å². The van der Waals surface area contributed by atoms with Crippen LogP contribution in [-0.4, -0.2) is 32.7 Å². The van der Waals surface area contributed by atoms with Gasteiger partial charge in [0.1, 0.15) is 5.52 Å². The van der Waals surface area contributed by atoms with Gasteiger partial charge in [-0.25, -0.2) is 22.4 Å². The van der Waals surface area contributed by atoms with E-state index in [-0.39, 0.29) is 16.7 Å². The van der Waals surface area contributed by atoms with Gasteiger partial charge in [-0.2, -0.15) is 0 Å². The summed E-state index contributed by atoms with van der Waals surface area (Å²) in [5.41, 5.74) is 1.76. The van der Waals surface area contributed by atoms with E-state index in [1.54, 1.807) is 42.6 Å². The highest BCUT2D eigenvalue weighted by Crippen LogP contribution is 2.35. The second kappa shape index (κ2) is 7.05. The lowest BCUT2D eigenvalue weighted by molar-refractivity contribution is 0.0996. The number of ketones is 1. The van der Waals surface area contributed by atoms with Gasteiger partial charge in [0.15, 0.2) is 17.3 Å². The number of benzene rings is 1. The lowest BCUT2D eigenvalue weighted by atomic mass is 9.95. The van der Waals surface area contributed by atoms with Crippen molar-refractivity contribution in [2.24, 2.45) is 0 Å². The van der Waals surface area contributed by atoms with E-state index in [0.717, 1.165) is 31.2 Å². The molecule has 0 amide bonds. The number of carbonyl (C=O) groups excluding carboxylic acids is 1. The Morgan fingerprint density at radius 2 is 1.80 bits per heavy atom. The first-order chi connectivity index (χ1) is 14.5. The van der Waals surface area contributed by atoms with Crippen LogP contribution in [0.4, 0.5) is 0 Å². The smallest absolute Gasteiger partial charge is 0.269 e. The molecule has 1 aromatic carbocycles. The van der Waals surface area contributed by atoms with Crippen LogP contribution in [0.5, 0.6) is 0 Å². The predicted octanol–water partition coefficient (Wildman–Crippen LogP) is 4.33. The Labute approximate surface area is 174 Å². The molecule has 0 spiro atoms. The zero-order chi connectivity index (χ0) is 20.9. The highest BCUT2D eigenvalue weighted by molar-refractivity contribution is 7.90. The maximum Gasteiger partial charge on any atom is 0.269 e. The van der Waals surface area contributed by atoms with Crippen molar-refractivity contribution >= 4 is 37.9 Å². The van der Waals surface area contributed by atoms with Crippen molar-refractivity contribution in [3.05, 3.63) is 54.6 Å². The molecule has 0 N–H and O–H groups in total. The molecule has 1 aliphatic rings. The number of aromatic nitrogens is 4. The van der Waals surface area contributed by atoms with E-state index in [4.69, 9.17) is 0 Å². The first-order valence-corrected chi connectivity index (χ1v) is 11.6. The molecule has 5 rings (SSSR count). The number of imidazole rings is 1. The van der Waals surface area contributed by atoms with Crippen LogP contribution in [0.1, 0.15) is 55.7 Å². The molecule has 154 valence electrons. The van der Waals surface area contributed by atoms with Crippen molar-refractivity contribution in [1.82, 2.24) is 18.5 Å². The molecular formula is C22H22N4O3S. The Morgan fingerprint density at radius 1 is 1.07 bits per heavy atom. The van der Waals surface area contributed by atoms with Crippen molar-refractivity contribution in [1.29, 1.82) is 0 Å². The zero-order valence-electron chi connectivity index (χ0n) is 16.7. The third-order valence-electron chi connectivity index (χ3n) is 5.88. The minimum absolute atomic E-state index is 0.0961. The average Bonchev–Trinajstić information content (AvgIpc) is 3.37. The van der Waals surface area contributed by atoms with Gasteiger partial charge in [-0.3, -0.25) is 4.79 Å². The summed E-state index contributed by atoms with van der Waals surface area (Å²) >= 11 is 0. The fraction of sp³-hybridized carbons (Fsp3) is 0.318. The van der Waals surface area contributed by atoms with Crippen molar-refractivity contribution in [3.8, 4) is 0 Å². The first kappa shape index (κ1) is 19.0. The highest BCUT2D eigenvalue weighted by Gasteiger charge is 2.27. The largest absolute Gasteiger partial charge is 0.318 e. The van der Waals surface area contributed by atoms with E-state index in [0.29, 0.717) is 22.4 Å². The van der Waals surface area contributed by atoms with Gasteiger partial charge in [-0.15, -0.1) is 0 Å². The van der Waals surface area contributed by atoms with Crippen LogP contribution < -0.4 is 0 Å². The molecule has 0 aliphatic heterocycles. The molecule has 0 bridgehead atoms. The Hall–Kier alpha value is -3.00. The van der Waals surface area contributed by atoms with Crippen LogP contribution in [0, 0.1) is 0 Å². The quantitative estimate of drug-likeness (QED) is 0.457. The number of pyridine rings is 1. The number of hydrogen-bond donors (Lipinski definition) is 0. The van der Waals surface area contributed by atoms with E-state index < -0.39 is 10.0 Å². The minimum Gasteiger partial charge on any atom is -0.318 e. The fourth-order valence-electron chi connectivity index (χ4n) is 4.49. The van der Waals surface area contributed by atoms with Gasteiger partial charge in [-0.05, 0) is 31.0 Å². The fourth-order valence-corrected chi connectivity index (χ4v) is 5.81. The number of nitrogens with zero attached hydrogens (tertiary/aromatic N) is 4. The molecule has 8 heteroatoms. The van der Waals surface area contributed by atoms with Gasteiger partial charge in [0, 0.05) is 24.5 Å². The van der Waals surface area contributed by atoms with Gasteiger partial charge < -0.3 is 4.57 Å². The first-order valence-electron chi connectivity index (χ1n) is 10.2. The number of rotatable bonds is 4. The lowest BCUT2D eigenvalue weighted by Gasteiger charge is -2.25. The molecular weight excluding hydrogens is 400 g/mol. The number of hydrogen-bond acceptors (Lipinski definition) is 5. The molecule has 3 heterocycles. The molecule has 4 aromatic rings. The van der Waals surface area contributed by atoms with Crippen LogP contribution in [0.15, 0.2) is 53.7 Å². The molecule has 3 aromatic heterocycles. The predicted molar refractivity (Wildman–Crippen MR) is 114 cm³/mol. The number of fused-ring (bicyclic) bond motifs is 3. The maximum absolute atomic E-state index is 13.2. The van der Waals surface area contributed by atoms with Crippen molar-refractivity contribution in [2.45, 2.75) is 50.0 Å². The molecule has 0 radical (unpaired) electrons. The van der Waals surface area contributed by atoms with Gasteiger partial charge >= 0.3 is 0 Å². The second-order valence-electron chi connectivity index (χ2n) is 7.81. The van der Waals surface area contributed by atoms with Gasteiger partial charge in [0.25, 0.3) is 10.0 Å². The van der Waals surface area contributed by atoms with Crippen LogP contribution in [-0.2, 0) is 10.0 Å². The highest BCUT2D eigenvalue weighted by atomic mass is 32.2. The molecule has 7 nitrogen and oxygen atoms in total. The average molecular weight is 423 g/mol. The van der Waals surface area contributed by atoms with Crippen molar-refractivity contribution in [2.75, 3.05) is 0 Å². The minimum atomic E-state index is -3.78. The van der Waals surface area contributed by atoms with Crippen molar-refractivity contribution < 1.29 is 13.2 Å². The standard InChI is InChI=1S/C22H22N4O3S/c1-15(27)21-24-19-14-23-22-18(20(19)26(21)16-8-4-2-5-9-16)12-13-25(22)30(28,29)17-10-6-3-7-11-17/h3,6-7,10-14,16H,2,4-5,8-9H2,1H3. The summed E-state index contributed by atoms with van der Waals surface area (Å²) in [4.78, 5) is 21.5. The molecule has 0 unspecified atom stereocenters. The number of carbonyl (C=O) groups is 1. The molecule has 1 fully saturated rings.